The first-order valence-corrected chi connectivity index (χ1v) is 8.78. The number of hydrogen-bond donors (Lipinski definition) is 2. The van der Waals surface area contributed by atoms with Crippen molar-refractivity contribution < 1.29 is 14.3 Å². The van der Waals surface area contributed by atoms with Crippen LogP contribution in [0.1, 0.15) is 24.3 Å². The topological polar surface area (TPSA) is 93.3 Å². The van der Waals surface area contributed by atoms with Gasteiger partial charge in [-0.15, -0.1) is 0 Å². The second kappa shape index (κ2) is 8.39. The van der Waals surface area contributed by atoms with E-state index >= 15 is 0 Å². The van der Waals surface area contributed by atoms with Gasteiger partial charge in [-0.1, -0.05) is 0 Å². The molecule has 2 N–H and O–H groups in total. The molecule has 7 nitrogen and oxygen atoms in total. The number of anilines is 1. The van der Waals surface area contributed by atoms with Crippen LogP contribution in [0.5, 0.6) is 11.5 Å². The van der Waals surface area contributed by atoms with Crippen LogP contribution in [0.3, 0.4) is 0 Å². The number of nitrogens with one attached hydrogen (secondary N) is 2. The van der Waals surface area contributed by atoms with Crippen LogP contribution in [0.25, 0.3) is 11.3 Å². The molecule has 0 unspecified atom stereocenters. The highest BCUT2D eigenvalue weighted by molar-refractivity contribution is 6.03. The number of benzene rings is 2. The highest BCUT2D eigenvalue weighted by Gasteiger charge is 2.11. The summed E-state index contributed by atoms with van der Waals surface area (Å²) in [6.45, 7) is 3.88. The third-order valence-electron chi connectivity index (χ3n) is 3.86. The van der Waals surface area contributed by atoms with Crippen molar-refractivity contribution in [2.45, 2.75) is 20.0 Å². The van der Waals surface area contributed by atoms with Crippen LogP contribution < -0.4 is 20.5 Å². The number of nitrogens with zero attached hydrogens (tertiary/aromatic N) is 1. The molecule has 144 valence electrons. The number of carbonyl (C=O) groups excluding carboxylic acids is 1. The van der Waals surface area contributed by atoms with Crippen molar-refractivity contribution in [3.63, 3.8) is 0 Å². The molecule has 7 heteroatoms. The molecule has 0 saturated heterocycles. The van der Waals surface area contributed by atoms with Gasteiger partial charge in [0.25, 0.3) is 5.91 Å². The first kappa shape index (κ1) is 19.2. The minimum Gasteiger partial charge on any atom is -0.497 e. The standard InChI is InChI=1S/C21H21N3O4/c1-13(2)28-17-10-6-15(7-11-17)22-20(25)19-12-18(23-21(26)24-19)14-4-8-16(27-3)9-5-14/h4-13H,1-3H3,(H,22,25)(H,23,24,26). The predicted octanol–water partition coefficient (Wildman–Crippen LogP) is 3.49. The Labute approximate surface area is 162 Å². The minimum atomic E-state index is -0.598. The number of aromatic nitrogens is 2. The maximum Gasteiger partial charge on any atom is 0.346 e. The third-order valence-corrected chi connectivity index (χ3v) is 3.86. The average Bonchev–Trinajstić information content (AvgIpc) is 2.68. The molecule has 1 heterocycles. The van der Waals surface area contributed by atoms with E-state index in [9.17, 15) is 9.59 Å². The van der Waals surface area contributed by atoms with E-state index in [0.29, 0.717) is 28.4 Å². The Hall–Kier alpha value is -3.61. The number of H-pyrrole nitrogens is 1. The van der Waals surface area contributed by atoms with Gasteiger partial charge in [0.2, 0.25) is 0 Å². The summed E-state index contributed by atoms with van der Waals surface area (Å²) in [4.78, 5) is 30.9. The van der Waals surface area contributed by atoms with Crippen molar-refractivity contribution >= 4 is 11.6 Å². The van der Waals surface area contributed by atoms with E-state index in [-0.39, 0.29) is 11.8 Å². The first-order chi connectivity index (χ1) is 13.4. The van der Waals surface area contributed by atoms with E-state index in [0.717, 1.165) is 0 Å². The SMILES string of the molecule is COc1ccc(-c2cc(C(=O)Nc3ccc(OC(C)C)cc3)[nH]c(=O)n2)cc1. The molecule has 1 amide bonds. The number of methoxy groups -OCH3 is 1. The van der Waals surface area contributed by atoms with E-state index in [1.165, 1.54) is 6.07 Å². The van der Waals surface area contributed by atoms with E-state index in [2.05, 4.69) is 15.3 Å². The molecule has 1 aromatic heterocycles. The highest BCUT2D eigenvalue weighted by atomic mass is 16.5. The second-order valence-corrected chi connectivity index (χ2v) is 6.36. The van der Waals surface area contributed by atoms with Gasteiger partial charge >= 0.3 is 5.69 Å². The maximum atomic E-state index is 12.6. The zero-order valence-electron chi connectivity index (χ0n) is 15.9. The molecular formula is C21H21N3O4. The molecule has 0 spiro atoms. The molecule has 0 fully saturated rings. The fraction of sp³-hybridized carbons (Fsp3) is 0.190. The zero-order valence-corrected chi connectivity index (χ0v) is 15.9. The van der Waals surface area contributed by atoms with Crippen LogP contribution in [0.4, 0.5) is 5.69 Å². The van der Waals surface area contributed by atoms with Crippen molar-refractivity contribution in [3.8, 4) is 22.8 Å². The van der Waals surface area contributed by atoms with E-state index < -0.39 is 11.6 Å². The fourth-order valence-corrected chi connectivity index (χ4v) is 2.58. The summed E-state index contributed by atoms with van der Waals surface area (Å²) >= 11 is 0. The molecule has 2 aromatic carbocycles. The van der Waals surface area contributed by atoms with Crippen molar-refractivity contribution in [3.05, 3.63) is 70.8 Å². The molecule has 0 aliphatic carbocycles. The van der Waals surface area contributed by atoms with Crippen LogP contribution in [-0.4, -0.2) is 29.1 Å². The summed E-state index contributed by atoms with van der Waals surface area (Å²) in [5.74, 6) is 0.968. The number of aromatic amines is 1. The number of rotatable bonds is 6. The lowest BCUT2D eigenvalue weighted by Gasteiger charge is -2.11. The van der Waals surface area contributed by atoms with Gasteiger partial charge in [-0.3, -0.25) is 4.79 Å². The van der Waals surface area contributed by atoms with Gasteiger partial charge in [-0.05, 0) is 68.4 Å². The van der Waals surface area contributed by atoms with E-state index in [1.807, 2.05) is 13.8 Å². The van der Waals surface area contributed by atoms with Crippen LogP contribution in [0.15, 0.2) is 59.4 Å². The van der Waals surface area contributed by atoms with Crippen LogP contribution >= 0.6 is 0 Å². The minimum absolute atomic E-state index is 0.0683. The van der Waals surface area contributed by atoms with Gasteiger partial charge in [0.05, 0.1) is 18.9 Å². The molecular weight excluding hydrogens is 358 g/mol. The monoisotopic (exact) mass is 379 g/mol. The Bertz CT molecular complexity index is 1010. The summed E-state index contributed by atoms with van der Waals surface area (Å²) in [7, 11) is 1.57. The molecule has 0 aliphatic heterocycles. The lowest BCUT2D eigenvalue weighted by Crippen LogP contribution is -2.21. The predicted molar refractivity (Wildman–Crippen MR) is 107 cm³/mol. The summed E-state index contributed by atoms with van der Waals surface area (Å²) in [6.07, 6.45) is 0.0683. The summed E-state index contributed by atoms with van der Waals surface area (Å²) < 4.78 is 10.7. The number of hydrogen-bond acceptors (Lipinski definition) is 5. The lowest BCUT2D eigenvalue weighted by atomic mass is 10.1. The van der Waals surface area contributed by atoms with Crippen LogP contribution in [0.2, 0.25) is 0 Å². The van der Waals surface area contributed by atoms with Crippen LogP contribution in [-0.2, 0) is 0 Å². The largest absolute Gasteiger partial charge is 0.497 e. The Morgan fingerprint density at radius 1 is 1.04 bits per heavy atom. The van der Waals surface area contributed by atoms with Gasteiger partial charge in [-0.25, -0.2) is 4.79 Å². The Morgan fingerprint density at radius 2 is 1.68 bits per heavy atom. The summed E-state index contributed by atoms with van der Waals surface area (Å²) in [6, 6.07) is 15.6. The molecule has 0 bridgehead atoms. The van der Waals surface area contributed by atoms with Crippen molar-refractivity contribution in [2.24, 2.45) is 0 Å². The zero-order chi connectivity index (χ0) is 20.1. The van der Waals surface area contributed by atoms with Crippen molar-refractivity contribution in [1.82, 2.24) is 9.97 Å². The molecule has 28 heavy (non-hydrogen) atoms. The second-order valence-electron chi connectivity index (χ2n) is 6.36. The molecule has 3 aromatic rings. The molecule has 0 radical (unpaired) electrons. The Morgan fingerprint density at radius 3 is 2.29 bits per heavy atom. The molecule has 0 atom stereocenters. The van der Waals surface area contributed by atoms with Gasteiger partial charge < -0.3 is 19.8 Å². The van der Waals surface area contributed by atoms with Gasteiger partial charge in [0.1, 0.15) is 17.2 Å². The Kier molecular flexibility index (Phi) is 5.74. The number of amides is 1. The van der Waals surface area contributed by atoms with E-state index in [1.54, 1.807) is 55.6 Å². The fourth-order valence-electron chi connectivity index (χ4n) is 2.58. The lowest BCUT2D eigenvalue weighted by molar-refractivity contribution is 0.102. The Balaban J connectivity index is 1.79. The normalized spacial score (nSPS) is 10.6. The van der Waals surface area contributed by atoms with Crippen molar-refractivity contribution in [2.75, 3.05) is 12.4 Å². The summed E-state index contributed by atoms with van der Waals surface area (Å²) in [5, 5.41) is 2.75. The van der Waals surface area contributed by atoms with Crippen LogP contribution in [0, 0.1) is 0 Å². The van der Waals surface area contributed by atoms with Gasteiger partial charge in [0.15, 0.2) is 0 Å². The number of carbonyl (C=O) groups is 1. The first-order valence-electron chi connectivity index (χ1n) is 8.78. The quantitative estimate of drug-likeness (QED) is 0.684. The average molecular weight is 379 g/mol. The maximum absolute atomic E-state index is 12.6. The smallest absolute Gasteiger partial charge is 0.346 e. The third kappa shape index (κ3) is 4.76. The van der Waals surface area contributed by atoms with Gasteiger partial charge in [0, 0.05) is 11.3 Å². The molecule has 0 saturated carbocycles. The van der Waals surface area contributed by atoms with Gasteiger partial charge in [-0.2, -0.15) is 4.98 Å². The molecule has 3 rings (SSSR count). The summed E-state index contributed by atoms with van der Waals surface area (Å²) in [5.41, 5.74) is 1.21. The highest BCUT2D eigenvalue weighted by Crippen LogP contribution is 2.21. The van der Waals surface area contributed by atoms with Crippen molar-refractivity contribution in [1.29, 1.82) is 0 Å². The number of ether oxygens (including phenoxy) is 2. The van der Waals surface area contributed by atoms with E-state index in [4.69, 9.17) is 9.47 Å². The molecule has 0 aliphatic rings.